The Morgan fingerprint density at radius 1 is 1.08 bits per heavy atom. The minimum Gasteiger partial charge on any atom is -0.457 e. The molecular formula is C19H19N3O2. The maximum atomic E-state index is 12.2. The number of hydrogen-bond donors (Lipinski definition) is 1. The summed E-state index contributed by atoms with van der Waals surface area (Å²) < 4.78 is 7.39. The average Bonchev–Trinajstić information content (AvgIpc) is 2.92. The maximum absolute atomic E-state index is 12.2. The van der Waals surface area contributed by atoms with Gasteiger partial charge in [0, 0.05) is 13.6 Å². The topological polar surface area (TPSA) is 56.1 Å². The van der Waals surface area contributed by atoms with Crippen molar-refractivity contribution in [2.75, 3.05) is 0 Å². The lowest BCUT2D eigenvalue weighted by Crippen LogP contribution is -2.25. The summed E-state index contributed by atoms with van der Waals surface area (Å²) in [6, 6.07) is 19.0. The SMILES string of the molecule is Cc1cc(C(=O)NCc2cccc(Oc3ccccc3)c2)n(C)n1. The number of benzene rings is 2. The zero-order chi connectivity index (χ0) is 16.9. The van der Waals surface area contributed by atoms with Crippen molar-refractivity contribution >= 4 is 5.91 Å². The van der Waals surface area contributed by atoms with Crippen LogP contribution >= 0.6 is 0 Å². The van der Waals surface area contributed by atoms with Gasteiger partial charge in [0.1, 0.15) is 17.2 Å². The van der Waals surface area contributed by atoms with E-state index in [2.05, 4.69) is 10.4 Å². The molecule has 5 heteroatoms. The second-order valence-corrected chi connectivity index (χ2v) is 5.54. The van der Waals surface area contributed by atoms with Crippen molar-refractivity contribution in [1.82, 2.24) is 15.1 Å². The molecule has 0 saturated carbocycles. The average molecular weight is 321 g/mol. The highest BCUT2D eigenvalue weighted by atomic mass is 16.5. The number of ether oxygens (including phenoxy) is 1. The number of aryl methyl sites for hydroxylation is 2. The van der Waals surface area contributed by atoms with Gasteiger partial charge >= 0.3 is 0 Å². The number of carbonyl (C=O) groups excluding carboxylic acids is 1. The Morgan fingerprint density at radius 2 is 1.83 bits per heavy atom. The third-order valence-electron chi connectivity index (χ3n) is 3.57. The van der Waals surface area contributed by atoms with E-state index in [1.54, 1.807) is 17.8 Å². The summed E-state index contributed by atoms with van der Waals surface area (Å²) in [7, 11) is 1.76. The van der Waals surface area contributed by atoms with Crippen LogP contribution in [-0.4, -0.2) is 15.7 Å². The molecule has 0 bridgehead atoms. The Bertz CT molecular complexity index is 841. The number of carbonyl (C=O) groups is 1. The molecule has 24 heavy (non-hydrogen) atoms. The number of amides is 1. The van der Waals surface area contributed by atoms with Crippen LogP contribution in [0.15, 0.2) is 60.7 Å². The minimum absolute atomic E-state index is 0.146. The highest BCUT2D eigenvalue weighted by Crippen LogP contribution is 2.21. The zero-order valence-corrected chi connectivity index (χ0v) is 13.7. The first-order chi connectivity index (χ1) is 11.6. The molecule has 0 fully saturated rings. The first kappa shape index (κ1) is 15.8. The van der Waals surface area contributed by atoms with Gasteiger partial charge in [-0.3, -0.25) is 9.48 Å². The summed E-state index contributed by atoms with van der Waals surface area (Å²) in [5, 5.41) is 7.09. The number of rotatable bonds is 5. The molecule has 1 N–H and O–H groups in total. The number of nitrogens with one attached hydrogen (secondary N) is 1. The molecule has 1 heterocycles. The van der Waals surface area contributed by atoms with Gasteiger partial charge in [-0.2, -0.15) is 5.10 Å². The standard InChI is InChI=1S/C19H19N3O2/c1-14-11-18(22(2)21-14)19(23)20-13-15-7-6-10-17(12-15)24-16-8-4-3-5-9-16/h3-12H,13H2,1-2H3,(H,20,23). The highest BCUT2D eigenvalue weighted by molar-refractivity contribution is 5.92. The molecule has 3 rings (SSSR count). The van der Waals surface area contributed by atoms with Gasteiger partial charge in [0.05, 0.1) is 5.69 Å². The van der Waals surface area contributed by atoms with E-state index in [1.165, 1.54) is 0 Å². The van der Waals surface area contributed by atoms with E-state index in [-0.39, 0.29) is 5.91 Å². The largest absolute Gasteiger partial charge is 0.457 e. The molecule has 0 spiro atoms. The van der Waals surface area contributed by atoms with Crippen molar-refractivity contribution in [1.29, 1.82) is 0 Å². The molecule has 2 aromatic carbocycles. The fourth-order valence-electron chi connectivity index (χ4n) is 2.44. The van der Waals surface area contributed by atoms with Crippen molar-refractivity contribution in [2.45, 2.75) is 13.5 Å². The number of aromatic nitrogens is 2. The van der Waals surface area contributed by atoms with Crippen molar-refractivity contribution in [3.63, 3.8) is 0 Å². The van der Waals surface area contributed by atoms with Crippen LogP contribution in [0.2, 0.25) is 0 Å². The smallest absolute Gasteiger partial charge is 0.269 e. The van der Waals surface area contributed by atoms with Crippen LogP contribution < -0.4 is 10.1 Å². The zero-order valence-electron chi connectivity index (χ0n) is 13.7. The first-order valence-corrected chi connectivity index (χ1v) is 7.72. The van der Waals surface area contributed by atoms with Crippen LogP contribution in [0.1, 0.15) is 21.7 Å². The van der Waals surface area contributed by atoms with Crippen LogP contribution in [0.25, 0.3) is 0 Å². The van der Waals surface area contributed by atoms with E-state index in [1.807, 2.05) is 61.5 Å². The van der Waals surface area contributed by atoms with E-state index in [0.29, 0.717) is 12.2 Å². The van der Waals surface area contributed by atoms with Gasteiger partial charge in [-0.25, -0.2) is 0 Å². The molecular weight excluding hydrogens is 302 g/mol. The molecule has 1 amide bonds. The summed E-state index contributed by atoms with van der Waals surface area (Å²) in [5.41, 5.74) is 2.33. The van der Waals surface area contributed by atoms with Crippen molar-refractivity contribution in [3.8, 4) is 11.5 Å². The minimum atomic E-state index is -0.146. The summed E-state index contributed by atoms with van der Waals surface area (Å²) in [6.07, 6.45) is 0. The Kier molecular flexibility index (Phi) is 4.61. The van der Waals surface area contributed by atoms with E-state index >= 15 is 0 Å². The first-order valence-electron chi connectivity index (χ1n) is 7.72. The van der Waals surface area contributed by atoms with Crippen LogP contribution in [0.4, 0.5) is 0 Å². The second kappa shape index (κ2) is 7.00. The number of nitrogens with zero attached hydrogens (tertiary/aromatic N) is 2. The van der Waals surface area contributed by atoms with Gasteiger partial charge in [-0.05, 0) is 42.8 Å². The Labute approximate surface area is 140 Å². The third-order valence-corrected chi connectivity index (χ3v) is 3.57. The molecule has 0 atom stereocenters. The summed E-state index contributed by atoms with van der Waals surface area (Å²) in [6.45, 7) is 2.29. The molecule has 0 aliphatic carbocycles. The Morgan fingerprint density at radius 3 is 2.54 bits per heavy atom. The molecule has 0 unspecified atom stereocenters. The number of hydrogen-bond acceptors (Lipinski definition) is 3. The highest BCUT2D eigenvalue weighted by Gasteiger charge is 2.11. The monoisotopic (exact) mass is 321 g/mol. The molecule has 3 aromatic rings. The van der Waals surface area contributed by atoms with Gasteiger partial charge in [-0.1, -0.05) is 30.3 Å². The Hall–Kier alpha value is -3.08. The van der Waals surface area contributed by atoms with E-state index in [0.717, 1.165) is 22.8 Å². The molecule has 1 aromatic heterocycles. The molecule has 0 saturated heterocycles. The fourth-order valence-corrected chi connectivity index (χ4v) is 2.44. The Balaban J connectivity index is 1.64. The van der Waals surface area contributed by atoms with Crippen LogP contribution in [0.3, 0.4) is 0 Å². The lowest BCUT2D eigenvalue weighted by molar-refractivity contribution is 0.0941. The number of para-hydroxylation sites is 1. The van der Waals surface area contributed by atoms with Gasteiger partial charge in [0.25, 0.3) is 5.91 Å². The third kappa shape index (κ3) is 3.81. The second-order valence-electron chi connectivity index (χ2n) is 5.54. The molecule has 122 valence electrons. The van der Waals surface area contributed by atoms with E-state index in [4.69, 9.17) is 4.74 Å². The van der Waals surface area contributed by atoms with Gasteiger partial charge < -0.3 is 10.1 Å². The lowest BCUT2D eigenvalue weighted by atomic mass is 10.2. The summed E-state index contributed by atoms with van der Waals surface area (Å²) in [5.74, 6) is 1.38. The lowest BCUT2D eigenvalue weighted by Gasteiger charge is -2.09. The van der Waals surface area contributed by atoms with Crippen molar-refractivity contribution in [2.24, 2.45) is 7.05 Å². The summed E-state index contributed by atoms with van der Waals surface area (Å²) in [4.78, 5) is 12.2. The fraction of sp³-hybridized carbons (Fsp3) is 0.158. The van der Waals surface area contributed by atoms with Gasteiger partial charge in [0.15, 0.2) is 0 Å². The quantitative estimate of drug-likeness (QED) is 0.783. The van der Waals surface area contributed by atoms with Gasteiger partial charge in [-0.15, -0.1) is 0 Å². The summed E-state index contributed by atoms with van der Waals surface area (Å²) >= 11 is 0. The van der Waals surface area contributed by atoms with Crippen LogP contribution in [-0.2, 0) is 13.6 Å². The van der Waals surface area contributed by atoms with Crippen LogP contribution in [0.5, 0.6) is 11.5 Å². The van der Waals surface area contributed by atoms with E-state index < -0.39 is 0 Å². The van der Waals surface area contributed by atoms with Crippen LogP contribution in [0, 0.1) is 6.92 Å². The predicted octanol–water partition coefficient (Wildman–Crippen LogP) is 3.45. The molecule has 0 aliphatic rings. The van der Waals surface area contributed by atoms with Crippen molar-refractivity contribution < 1.29 is 9.53 Å². The van der Waals surface area contributed by atoms with Crippen molar-refractivity contribution in [3.05, 3.63) is 77.6 Å². The normalized spacial score (nSPS) is 10.4. The maximum Gasteiger partial charge on any atom is 0.269 e. The molecule has 0 radical (unpaired) electrons. The molecule has 5 nitrogen and oxygen atoms in total. The predicted molar refractivity (Wildman–Crippen MR) is 92.1 cm³/mol. The van der Waals surface area contributed by atoms with Gasteiger partial charge in [0.2, 0.25) is 0 Å². The molecule has 0 aliphatic heterocycles. The van der Waals surface area contributed by atoms with E-state index in [9.17, 15) is 4.79 Å².